The Balaban J connectivity index is 1.54. The van der Waals surface area contributed by atoms with Crippen LogP contribution in [0.2, 0.25) is 0 Å². The quantitative estimate of drug-likeness (QED) is 0.870. The Morgan fingerprint density at radius 2 is 2.00 bits per heavy atom. The van der Waals surface area contributed by atoms with Crippen LogP contribution in [0.25, 0.3) is 0 Å². The summed E-state index contributed by atoms with van der Waals surface area (Å²) in [6.45, 7) is 2.39. The van der Waals surface area contributed by atoms with Gasteiger partial charge in [0.1, 0.15) is 5.75 Å². The molecule has 0 atom stereocenters. The summed E-state index contributed by atoms with van der Waals surface area (Å²) in [4.78, 5) is 6.95. The first-order valence-electron chi connectivity index (χ1n) is 7.33. The summed E-state index contributed by atoms with van der Waals surface area (Å²) in [5.41, 5.74) is 0.901. The van der Waals surface area contributed by atoms with Crippen molar-refractivity contribution in [2.75, 3.05) is 20.1 Å². The van der Waals surface area contributed by atoms with Crippen molar-refractivity contribution in [3.8, 4) is 5.75 Å². The second-order valence-electron chi connectivity index (χ2n) is 5.85. The zero-order valence-corrected chi connectivity index (χ0v) is 11.5. The number of nitrogens with one attached hydrogen (secondary N) is 1. The Morgan fingerprint density at radius 3 is 2.63 bits per heavy atom. The Labute approximate surface area is 114 Å². The van der Waals surface area contributed by atoms with E-state index in [9.17, 15) is 5.11 Å². The summed E-state index contributed by atoms with van der Waals surface area (Å²) < 4.78 is 0. The van der Waals surface area contributed by atoms with Crippen molar-refractivity contribution < 1.29 is 5.11 Å². The van der Waals surface area contributed by atoms with Gasteiger partial charge in [0.2, 0.25) is 0 Å². The van der Waals surface area contributed by atoms with E-state index in [1.54, 1.807) is 18.3 Å². The fourth-order valence-corrected chi connectivity index (χ4v) is 3.43. The number of nitrogens with zero attached hydrogens (tertiary/aromatic N) is 2. The lowest BCUT2D eigenvalue weighted by molar-refractivity contribution is 0.0558. The van der Waals surface area contributed by atoms with E-state index in [1.165, 1.54) is 25.9 Å². The Kier molecular flexibility index (Phi) is 3.71. The van der Waals surface area contributed by atoms with E-state index in [-0.39, 0.29) is 0 Å². The highest BCUT2D eigenvalue weighted by Gasteiger charge is 2.34. The molecule has 0 spiro atoms. The molecule has 19 heavy (non-hydrogen) atoms. The predicted octanol–water partition coefficient (Wildman–Crippen LogP) is 1.72. The standard InChI is InChI=1S/C15H23N3O/c1-16-12-9-18(10-12)13-6-4-11(5-7-13)15-14(19)3-2-8-17-15/h2-3,8,11-13,16,19H,4-7,9-10H2,1H3. The summed E-state index contributed by atoms with van der Waals surface area (Å²) in [6, 6.07) is 4.98. The van der Waals surface area contributed by atoms with Crippen LogP contribution in [-0.4, -0.2) is 47.2 Å². The van der Waals surface area contributed by atoms with Crippen molar-refractivity contribution in [2.24, 2.45) is 0 Å². The molecule has 104 valence electrons. The lowest BCUT2D eigenvalue weighted by atomic mass is 9.82. The summed E-state index contributed by atoms with van der Waals surface area (Å²) in [5.74, 6) is 0.809. The maximum absolute atomic E-state index is 9.88. The van der Waals surface area contributed by atoms with Crippen LogP contribution in [0.3, 0.4) is 0 Å². The summed E-state index contributed by atoms with van der Waals surface area (Å²) >= 11 is 0. The minimum atomic E-state index is 0.366. The van der Waals surface area contributed by atoms with E-state index in [4.69, 9.17) is 0 Å². The zero-order chi connectivity index (χ0) is 13.2. The SMILES string of the molecule is CNC1CN(C2CCC(c3ncccc3O)CC2)C1. The predicted molar refractivity (Wildman–Crippen MR) is 75.3 cm³/mol. The van der Waals surface area contributed by atoms with Crippen molar-refractivity contribution in [1.29, 1.82) is 0 Å². The third kappa shape index (κ3) is 2.60. The minimum Gasteiger partial charge on any atom is -0.506 e. The number of pyridine rings is 1. The van der Waals surface area contributed by atoms with Gasteiger partial charge in [-0.25, -0.2) is 0 Å². The highest BCUT2D eigenvalue weighted by Crippen LogP contribution is 2.37. The molecule has 1 aliphatic heterocycles. The van der Waals surface area contributed by atoms with Gasteiger partial charge in [0.15, 0.2) is 0 Å². The Hall–Kier alpha value is -1.13. The molecule has 2 fully saturated rings. The van der Waals surface area contributed by atoms with E-state index in [2.05, 4.69) is 15.2 Å². The number of rotatable bonds is 3. The van der Waals surface area contributed by atoms with Crippen LogP contribution in [0.4, 0.5) is 0 Å². The molecular formula is C15H23N3O. The first kappa shape index (κ1) is 12.9. The summed E-state index contributed by atoms with van der Waals surface area (Å²) in [7, 11) is 2.04. The lowest BCUT2D eigenvalue weighted by Gasteiger charge is -2.46. The van der Waals surface area contributed by atoms with E-state index in [0.29, 0.717) is 17.7 Å². The van der Waals surface area contributed by atoms with Crippen LogP contribution >= 0.6 is 0 Å². The van der Waals surface area contributed by atoms with Gasteiger partial charge in [-0.05, 0) is 44.9 Å². The Bertz CT molecular complexity index is 423. The van der Waals surface area contributed by atoms with E-state index in [1.807, 2.05) is 7.05 Å². The van der Waals surface area contributed by atoms with Crippen LogP contribution in [0.1, 0.15) is 37.3 Å². The maximum atomic E-state index is 9.88. The lowest BCUT2D eigenvalue weighted by Crippen LogP contribution is -2.60. The van der Waals surface area contributed by atoms with Crippen molar-refractivity contribution in [3.63, 3.8) is 0 Å². The third-order valence-electron chi connectivity index (χ3n) is 4.73. The van der Waals surface area contributed by atoms with Gasteiger partial charge in [-0.1, -0.05) is 0 Å². The normalized spacial score (nSPS) is 29.1. The van der Waals surface area contributed by atoms with Gasteiger partial charge < -0.3 is 10.4 Å². The molecule has 0 bridgehead atoms. The van der Waals surface area contributed by atoms with Crippen molar-refractivity contribution >= 4 is 0 Å². The first-order valence-corrected chi connectivity index (χ1v) is 7.33. The summed E-state index contributed by atoms with van der Waals surface area (Å²) in [5, 5.41) is 13.2. The first-order chi connectivity index (χ1) is 9.28. The number of aromatic hydroxyl groups is 1. The van der Waals surface area contributed by atoms with E-state index < -0.39 is 0 Å². The van der Waals surface area contributed by atoms with Gasteiger partial charge in [0.25, 0.3) is 0 Å². The second-order valence-corrected chi connectivity index (χ2v) is 5.85. The van der Waals surface area contributed by atoms with Gasteiger partial charge >= 0.3 is 0 Å². The fraction of sp³-hybridized carbons (Fsp3) is 0.667. The molecule has 1 aliphatic carbocycles. The van der Waals surface area contributed by atoms with Gasteiger partial charge in [0, 0.05) is 37.3 Å². The van der Waals surface area contributed by atoms with Crippen molar-refractivity contribution in [1.82, 2.24) is 15.2 Å². The molecular weight excluding hydrogens is 238 g/mol. The molecule has 3 rings (SSSR count). The average Bonchev–Trinajstić information content (AvgIpc) is 2.39. The molecule has 0 aromatic carbocycles. The van der Waals surface area contributed by atoms with Gasteiger partial charge in [-0.3, -0.25) is 9.88 Å². The van der Waals surface area contributed by atoms with Gasteiger partial charge in [-0.15, -0.1) is 0 Å². The molecule has 4 nitrogen and oxygen atoms in total. The average molecular weight is 261 g/mol. The van der Waals surface area contributed by atoms with E-state index >= 15 is 0 Å². The monoisotopic (exact) mass is 261 g/mol. The topological polar surface area (TPSA) is 48.4 Å². The Morgan fingerprint density at radius 1 is 1.26 bits per heavy atom. The number of aromatic nitrogens is 1. The fourth-order valence-electron chi connectivity index (χ4n) is 3.43. The highest BCUT2D eigenvalue weighted by molar-refractivity contribution is 5.28. The molecule has 1 aromatic rings. The van der Waals surface area contributed by atoms with Crippen LogP contribution in [0.15, 0.2) is 18.3 Å². The molecule has 2 heterocycles. The maximum Gasteiger partial charge on any atom is 0.137 e. The molecule has 1 aromatic heterocycles. The van der Waals surface area contributed by atoms with Crippen LogP contribution in [0, 0.1) is 0 Å². The smallest absolute Gasteiger partial charge is 0.137 e. The molecule has 4 heteroatoms. The molecule has 1 saturated heterocycles. The number of likely N-dealkylation sites (tertiary alicyclic amines) is 1. The van der Waals surface area contributed by atoms with Gasteiger partial charge in [-0.2, -0.15) is 0 Å². The highest BCUT2D eigenvalue weighted by atomic mass is 16.3. The molecule has 2 N–H and O–H groups in total. The van der Waals surface area contributed by atoms with E-state index in [0.717, 1.165) is 24.6 Å². The third-order valence-corrected chi connectivity index (χ3v) is 4.73. The van der Waals surface area contributed by atoms with Crippen LogP contribution in [-0.2, 0) is 0 Å². The van der Waals surface area contributed by atoms with Crippen molar-refractivity contribution in [2.45, 2.75) is 43.7 Å². The van der Waals surface area contributed by atoms with Gasteiger partial charge in [0.05, 0.1) is 5.69 Å². The number of hydrogen-bond acceptors (Lipinski definition) is 4. The molecule has 0 amide bonds. The zero-order valence-electron chi connectivity index (χ0n) is 11.5. The second kappa shape index (κ2) is 5.47. The van der Waals surface area contributed by atoms with Crippen LogP contribution < -0.4 is 5.32 Å². The minimum absolute atomic E-state index is 0.366. The number of likely N-dealkylation sites (N-methyl/N-ethyl adjacent to an activating group) is 1. The summed E-state index contributed by atoms with van der Waals surface area (Å²) in [6.07, 6.45) is 6.55. The number of hydrogen-bond donors (Lipinski definition) is 2. The largest absolute Gasteiger partial charge is 0.506 e. The van der Waals surface area contributed by atoms with Crippen molar-refractivity contribution in [3.05, 3.63) is 24.0 Å². The molecule has 2 aliphatic rings. The van der Waals surface area contributed by atoms with Crippen LogP contribution in [0.5, 0.6) is 5.75 Å². The molecule has 1 saturated carbocycles. The molecule has 0 unspecified atom stereocenters. The molecule has 0 radical (unpaired) electrons.